The van der Waals surface area contributed by atoms with E-state index < -0.39 is 0 Å². The summed E-state index contributed by atoms with van der Waals surface area (Å²) in [6, 6.07) is 0. The van der Waals surface area contributed by atoms with Crippen LogP contribution in [0, 0.1) is 11.8 Å². The molecule has 0 spiro atoms. The lowest BCUT2D eigenvalue weighted by molar-refractivity contribution is 0.207. The third kappa shape index (κ3) is 2.22. The second-order valence-corrected chi connectivity index (χ2v) is 4.31. The standard InChI is InChI=1S/C8H20N6/c1-5(2)6-3-9-7(10-4-6)8-11-13-14-12-8/h5-14H,3-4H2,1-2H3. The van der Waals surface area contributed by atoms with Gasteiger partial charge in [-0.05, 0) is 11.8 Å². The first-order valence-corrected chi connectivity index (χ1v) is 5.25. The van der Waals surface area contributed by atoms with Crippen molar-refractivity contribution >= 4 is 0 Å². The van der Waals surface area contributed by atoms with Crippen LogP contribution in [0.3, 0.4) is 0 Å². The van der Waals surface area contributed by atoms with E-state index in [1.807, 2.05) is 0 Å². The van der Waals surface area contributed by atoms with Crippen molar-refractivity contribution in [3.63, 3.8) is 0 Å². The van der Waals surface area contributed by atoms with Crippen LogP contribution in [0.4, 0.5) is 0 Å². The van der Waals surface area contributed by atoms with E-state index in [0.29, 0.717) is 0 Å². The zero-order chi connectivity index (χ0) is 9.97. The largest absolute Gasteiger partial charge is 0.299 e. The van der Waals surface area contributed by atoms with Crippen LogP contribution in [0.2, 0.25) is 0 Å². The Morgan fingerprint density at radius 2 is 1.50 bits per heavy atom. The number of nitrogens with one attached hydrogen (secondary N) is 6. The molecule has 6 N–H and O–H groups in total. The molecule has 0 aromatic carbocycles. The van der Waals surface area contributed by atoms with Crippen molar-refractivity contribution in [2.75, 3.05) is 13.1 Å². The monoisotopic (exact) mass is 200 g/mol. The summed E-state index contributed by atoms with van der Waals surface area (Å²) >= 11 is 0. The molecule has 6 heteroatoms. The molecule has 0 atom stereocenters. The molecule has 82 valence electrons. The van der Waals surface area contributed by atoms with E-state index in [2.05, 4.69) is 46.4 Å². The molecule has 0 amide bonds. The maximum atomic E-state index is 3.48. The Morgan fingerprint density at radius 1 is 0.929 bits per heavy atom. The lowest BCUT2D eigenvalue weighted by Crippen LogP contribution is -2.64. The van der Waals surface area contributed by atoms with Gasteiger partial charge < -0.3 is 0 Å². The summed E-state index contributed by atoms with van der Waals surface area (Å²) in [5.74, 6) is 1.46. The maximum absolute atomic E-state index is 3.48. The van der Waals surface area contributed by atoms with Gasteiger partial charge in [-0.2, -0.15) is 11.1 Å². The van der Waals surface area contributed by atoms with Gasteiger partial charge in [-0.3, -0.25) is 10.6 Å². The van der Waals surface area contributed by atoms with Crippen LogP contribution < -0.4 is 32.6 Å². The molecule has 0 aliphatic carbocycles. The minimum atomic E-state index is 0.183. The van der Waals surface area contributed by atoms with Crippen molar-refractivity contribution in [2.45, 2.75) is 26.2 Å². The zero-order valence-corrected chi connectivity index (χ0v) is 8.72. The summed E-state index contributed by atoms with van der Waals surface area (Å²) in [6.45, 7) is 6.69. The van der Waals surface area contributed by atoms with Crippen LogP contribution in [0.25, 0.3) is 0 Å². The van der Waals surface area contributed by atoms with E-state index in [1.54, 1.807) is 0 Å². The van der Waals surface area contributed by atoms with Gasteiger partial charge in [-0.25, -0.2) is 10.9 Å². The van der Waals surface area contributed by atoms with Crippen LogP contribution >= 0.6 is 0 Å². The minimum Gasteiger partial charge on any atom is -0.299 e. The van der Waals surface area contributed by atoms with E-state index in [-0.39, 0.29) is 12.3 Å². The van der Waals surface area contributed by atoms with Crippen molar-refractivity contribution in [1.82, 2.24) is 32.6 Å². The maximum Gasteiger partial charge on any atom is 0.114 e. The van der Waals surface area contributed by atoms with Gasteiger partial charge in [0, 0.05) is 13.1 Å². The smallest absolute Gasteiger partial charge is 0.114 e. The fraction of sp³-hybridized carbons (Fsp3) is 1.00. The molecule has 2 aliphatic rings. The molecule has 2 rings (SSSR count). The first-order chi connectivity index (χ1) is 6.77. The summed E-state index contributed by atoms with van der Waals surface area (Å²) in [4.78, 5) is 0. The molecular weight excluding hydrogens is 180 g/mol. The average Bonchev–Trinajstić information content (AvgIpc) is 2.71. The Kier molecular flexibility index (Phi) is 3.32. The molecule has 2 fully saturated rings. The molecule has 0 radical (unpaired) electrons. The van der Waals surface area contributed by atoms with Crippen molar-refractivity contribution in [3.8, 4) is 0 Å². The number of hydrazine groups is 3. The van der Waals surface area contributed by atoms with Gasteiger partial charge in [0.2, 0.25) is 0 Å². The van der Waals surface area contributed by atoms with Crippen molar-refractivity contribution < 1.29 is 0 Å². The quantitative estimate of drug-likeness (QED) is 0.317. The third-order valence-corrected chi connectivity index (χ3v) is 2.99. The Morgan fingerprint density at radius 3 is 2.00 bits per heavy atom. The Labute approximate surface area is 84.5 Å². The third-order valence-electron chi connectivity index (χ3n) is 2.99. The van der Waals surface area contributed by atoms with E-state index in [1.165, 1.54) is 0 Å². The van der Waals surface area contributed by atoms with E-state index >= 15 is 0 Å². The van der Waals surface area contributed by atoms with Crippen molar-refractivity contribution in [1.29, 1.82) is 0 Å². The summed E-state index contributed by atoms with van der Waals surface area (Å²) in [7, 11) is 0. The molecule has 0 bridgehead atoms. The number of rotatable bonds is 2. The van der Waals surface area contributed by atoms with Gasteiger partial charge in [0.05, 0.1) is 6.17 Å². The lowest BCUT2D eigenvalue weighted by Gasteiger charge is -2.35. The van der Waals surface area contributed by atoms with E-state index in [0.717, 1.165) is 24.9 Å². The molecule has 2 heterocycles. The second kappa shape index (κ2) is 4.52. The molecule has 0 aromatic heterocycles. The van der Waals surface area contributed by atoms with Crippen LogP contribution in [-0.4, -0.2) is 25.4 Å². The molecular formula is C8H20N6. The van der Waals surface area contributed by atoms with Gasteiger partial charge in [-0.1, -0.05) is 13.8 Å². The first-order valence-electron chi connectivity index (χ1n) is 5.25. The molecule has 2 saturated heterocycles. The van der Waals surface area contributed by atoms with Crippen molar-refractivity contribution in [3.05, 3.63) is 0 Å². The van der Waals surface area contributed by atoms with Crippen LogP contribution in [0.15, 0.2) is 0 Å². The molecule has 14 heavy (non-hydrogen) atoms. The van der Waals surface area contributed by atoms with Gasteiger partial charge in [0.15, 0.2) is 0 Å². The highest BCUT2D eigenvalue weighted by Crippen LogP contribution is 2.12. The summed E-state index contributed by atoms with van der Waals surface area (Å²) in [5, 5.41) is 6.95. The lowest BCUT2D eigenvalue weighted by atomic mass is 9.94. The molecule has 6 nitrogen and oxygen atoms in total. The topological polar surface area (TPSA) is 72.2 Å². The fourth-order valence-corrected chi connectivity index (χ4v) is 1.84. The predicted octanol–water partition coefficient (Wildman–Crippen LogP) is -1.78. The fourth-order valence-electron chi connectivity index (χ4n) is 1.84. The minimum absolute atomic E-state index is 0.183. The van der Waals surface area contributed by atoms with Crippen LogP contribution in [0.5, 0.6) is 0 Å². The average molecular weight is 200 g/mol. The Bertz CT molecular complexity index is 171. The zero-order valence-electron chi connectivity index (χ0n) is 8.72. The van der Waals surface area contributed by atoms with Gasteiger partial charge in [-0.15, -0.1) is 0 Å². The van der Waals surface area contributed by atoms with E-state index in [4.69, 9.17) is 0 Å². The highest BCUT2D eigenvalue weighted by atomic mass is 15.8. The van der Waals surface area contributed by atoms with Gasteiger partial charge >= 0.3 is 0 Å². The van der Waals surface area contributed by atoms with Crippen LogP contribution in [0.1, 0.15) is 13.8 Å². The molecule has 0 saturated carbocycles. The second-order valence-electron chi connectivity index (χ2n) is 4.31. The SMILES string of the molecule is CC(C)C1CNC(C2NNNN2)NC1. The number of hydrogen-bond donors (Lipinski definition) is 6. The summed E-state index contributed by atoms with van der Waals surface area (Å²) in [6.07, 6.45) is 0.454. The van der Waals surface area contributed by atoms with Crippen LogP contribution in [-0.2, 0) is 0 Å². The Hall–Kier alpha value is -0.240. The van der Waals surface area contributed by atoms with E-state index in [9.17, 15) is 0 Å². The highest BCUT2D eigenvalue weighted by molar-refractivity contribution is 4.85. The molecule has 0 aromatic rings. The first kappa shape index (κ1) is 10.3. The van der Waals surface area contributed by atoms with Gasteiger partial charge in [0.1, 0.15) is 6.17 Å². The summed E-state index contributed by atoms with van der Waals surface area (Å²) in [5.41, 5.74) is 11.8. The number of hydrogen-bond acceptors (Lipinski definition) is 6. The normalized spacial score (nSPS) is 35.4. The predicted molar refractivity (Wildman–Crippen MR) is 54.5 cm³/mol. The highest BCUT2D eigenvalue weighted by Gasteiger charge is 2.29. The Balaban J connectivity index is 1.77. The van der Waals surface area contributed by atoms with Crippen molar-refractivity contribution in [2.24, 2.45) is 11.8 Å². The van der Waals surface area contributed by atoms with Gasteiger partial charge in [0.25, 0.3) is 0 Å². The molecule has 2 aliphatic heterocycles. The molecule has 0 unspecified atom stereocenters. The summed E-state index contributed by atoms with van der Waals surface area (Å²) < 4.78 is 0.